The Morgan fingerprint density at radius 1 is 1.29 bits per heavy atom. The Bertz CT molecular complexity index is 1090. The molecule has 0 radical (unpaired) electrons. The van der Waals surface area contributed by atoms with Crippen molar-refractivity contribution in [1.82, 2.24) is 14.9 Å². The standard InChI is InChI=1S/C21H29F3N6O4S/c1-12(29-35(33,34)15-7-5-13(6-8-15)21(22,23)24)18(31)16-17(20(16,25)11-28-26)19(32)30(2)14-4-3-9-27-10-14/h5-8,11-12,14,16-17,27,29H,3-4,9-10,25-26H2,1-2H3/t12-,14?,16?,17+,20?/m0/s1. The molecule has 3 unspecified atom stereocenters. The number of likely N-dealkylation sites (N-methyl/N-ethyl adjacent to an activating group) is 1. The van der Waals surface area contributed by atoms with Crippen molar-refractivity contribution in [2.24, 2.45) is 28.5 Å². The third-order valence-electron chi connectivity index (χ3n) is 6.59. The molecule has 1 aromatic rings. The second kappa shape index (κ2) is 9.84. The number of nitrogens with zero attached hydrogens (tertiary/aromatic N) is 2. The van der Waals surface area contributed by atoms with Crippen LogP contribution < -0.4 is 21.6 Å². The topological polar surface area (TPSA) is 160 Å². The van der Waals surface area contributed by atoms with Gasteiger partial charge in [-0.1, -0.05) is 0 Å². The average molecular weight is 519 g/mol. The van der Waals surface area contributed by atoms with Crippen LogP contribution in [0.3, 0.4) is 0 Å². The van der Waals surface area contributed by atoms with Crippen LogP contribution in [0.5, 0.6) is 0 Å². The highest BCUT2D eigenvalue weighted by atomic mass is 32.2. The number of rotatable bonds is 8. The van der Waals surface area contributed by atoms with Gasteiger partial charge in [0, 0.05) is 25.8 Å². The molecule has 5 atom stereocenters. The molecule has 2 fully saturated rings. The summed E-state index contributed by atoms with van der Waals surface area (Å²) < 4.78 is 65.8. The van der Waals surface area contributed by atoms with Gasteiger partial charge in [-0.25, -0.2) is 13.1 Å². The van der Waals surface area contributed by atoms with E-state index in [0.717, 1.165) is 37.7 Å². The molecule has 0 spiro atoms. The molecule has 35 heavy (non-hydrogen) atoms. The summed E-state index contributed by atoms with van der Waals surface area (Å²) in [4.78, 5) is 27.4. The SMILES string of the molecule is C[C@H](NS(=O)(=O)c1ccc(C(F)(F)F)cc1)C(=O)C1[C@H](C(=O)N(C)C2CCCNC2)C1(N)C=NN. The fraction of sp³-hybridized carbons (Fsp3) is 0.571. The summed E-state index contributed by atoms with van der Waals surface area (Å²) in [6.07, 6.45) is -1.84. The number of amides is 1. The zero-order chi connectivity index (χ0) is 26.2. The van der Waals surface area contributed by atoms with Gasteiger partial charge in [-0.15, -0.1) is 0 Å². The van der Waals surface area contributed by atoms with Crippen molar-refractivity contribution in [3.63, 3.8) is 0 Å². The van der Waals surface area contributed by atoms with E-state index in [1.54, 1.807) is 7.05 Å². The van der Waals surface area contributed by atoms with Crippen LogP contribution in [0.25, 0.3) is 0 Å². The third kappa shape index (κ3) is 5.50. The van der Waals surface area contributed by atoms with Crippen LogP contribution in [0.1, 0.15) is 25.3 Å². The van der Waals surface area contributed by atoms with Gasteiger partial charge in [-0.2, -0.15) is 18.3 Å². The average Bonchev–Trinajstić information content (AvgIpc) is 3.41. The first-order valence-electron chi connectivity index (χ1n) is 11.0. The molecule has 1 saturated carbocycles. The number of alkyl halides is 3. The first-order chi connectivity index (χ1) is 16.2. The lowest BCUT2D eigenvalue weighted by molar-refractivity contribution is -0.137. The Morgan fingerprint density at radius 3 is 2.43 bits per heavy atom. The smallest absolute Gasteiger partial charge is 0.341 e. The third-order valence-corrected chi connectivity index (χ3v) is 8.15. The monoisotopic (exact) mass is 518 g/mol. The van der Waals surface area contributed by atoms with E-state index >= 15 is 0 Å². The summed E-state index contributed by atoms with van der Waals surface area (Å²) in [5.74, 6) is 2.16. The van der Waals surface area contributed by atoms with E-state index in [2.05, 4.69) is 15.1 Å². The van der Waals surface area contributed by atoms with E-state index in [0.29, 0.717) is 18.7 Å². The van der Waals surface area contributed by atoms with Gasteiger partial charge in [0.15, 0.2) is 5.78 Å². The summed E-state index contributed by atoms with van der Waals surface area (Å²) in [7, 11) is -2.71. The summed E-state index contributed by atoms with van der Waals surface area (Å²) in [6.45, 7) is 2.72. The van der Waals surface area contributed by atoms with Crippen LogP contribution >= 0.6 is 0 Å². The Labute approximate surface area is 201 Å². The first-order valence-corrected chi connectivity index (χ1v) is 12.5. The summed E-state index contributed by atoms with van der Waals surface area (Å²) >= 11 is 0. The molecule has 1 aromatic carbocycles. The number of nitrogens with two attached hydrogens (primary N) is 2. The van der Waals surface area contributed by atoms with E-state index in [1.165, 1.54) is 11.8 Å². The van der Waals surface area contributed by atoms with Gasteiger partial charge in [0.25, 0.3) is 0 Å². The maximum atomic E-state index is 13.2. The van der Waals surface area contributed by atoms with Crippen molar-refractivity contribution in [2.45, 2.75) is 48.5 Å². The highest BCUT2D eigenvalue weighted by Crippen LogP contribution is 2.49. The number of hydrogen-bond acceptors (Lipinski definition) is 8. The minimum atomic E-state index is -4.62. The normalized spacial score (nSPS) is 28.0. The predicted octanol–water partition coefficient (Wildman–Crippen LogP) is 0.0397. The molecule has 0 bridgehead atoms. The number of carbonyl (C=O) groups is 2. The summed E-state index contributed by atoms with van der Waals surface area (Å²) in [5, 5.41) is 6.60. The van der Waals surface area contributed by atoms with Crippen LogP contribution in [0.2, 0.25) is 0 Å². The van der Waals surface area contributed by atoms with Crippen LogP contribution in [0.15, 0.2) is 34.3 Å². The molecule has 1 aliphatic carbocycles. The maximum absolute atomic E-state index is 13.2. The zero-order valence-corrected chi connectivity index (χ0v) is 20.1. The lowest BCUT2D eigenvalue weighted by atomic mass is 10.0. The molecule has 10 nitrogen and oxygen atoms in total. The van der Waals surface area contributed by atoms with E-state index in [4.69, 9.17) is 11.6 Å². The molecule has 2 aliphatic rings. The van der Waals surface area contributed by atoms with E-state index < -0.39 is 55.9 Å². The summed E-state index contributed by atoms with van der Waals surface area (Å²) in [5.41, 5.74) is 3.80. The molecule has 0 aromatic heterocycles. The Balaban J connectivity index is 1.75. The number of hydrazone groups is 1. The number of piperidine rings is 1. The number of hydrogen-bond donors (Lipinski definition) is 4. The van der Waals surface area contributed by atoms with E-state index in [1.807, 2.05) is 0 Å². The molecule has 3 rings (SSSR count). The van der Waals surface area contributed by atoms with Crippen molar-refractivity contribution in [3.05, 3.63) is 29.8 Å². The molecular weight excluding hydrogens is 489 g/mol. The lowest BCUT2D eigenvalue weighted by Gasteiger charge is -2.32. The molecule has 194 valence electrons. The van der Waals surface area contributed by atoms with E-state index in [-0.39, 0.29) is 11.9 Å². The quantitative estimate of drug-likeness (QED) is 0.215. The van der Waals surface area contributed by atoms with Gasteiger partial charge < -0.3 is 21.8 Å². The summed E-state index contributed by atoms with van der Waals surface area (Å²) in [6, 6.07) is 1.47. The van der Waals surface area contributed by atoms with Crippen molar-refractivity contribution in [3.8, 4) is 0 Å². The largest absolute Gasteiger partial charge is 0.416 e. The lowest BCUT2D eigenvalue weighted by Crippen LogP contribution is -2.48. The molecule has 14 heteroatoms. The number of benzene rings is 1. The molecule has 1 heterocycles. The van der Waals surface area contributed by atoms with Gasteiger partial charge in [0.2, 0.25) is 15.9 Å². The predicted molar refractivity (Wildman–Crippen MR) is 121 cm³/mol. The van der Waals surface area contributed by atoms with Crippen LogP contribution in [0.4, 0.5) is 13.2 Å². The molecule has 1 saturated heterocycles. The highest BCUT2D eigenvalue weighted by molar-refractivity contribution is 7.89. The molecular formula is C21H29F3N6O4S. The van der Waals surface area contributed by atoms with Crippen molar-refractivity contribution >= 4 is 27.9 Å². The van der Waals surface area contributed by atoms with Gasteiger partial charge >= 0.3 is 6.18 Å². The van der Waals surface area contributed by atoms with Crippen LogP contribution in [-0.2, 0) is 25.8 Å². The second-order valence-electron chi connectivity index (χ2n) is 8.95. The first kappa shape index (κ1) is 27.0. The van der Waals surface area contributed by atoms with Gasteiger partial charge in [0.05, 0.1) is 33.9 Å². The second-order valence-corrected chi connectivity index (χ2v) is 10.7. The zero-order valence-electron chi connectivity index (χ0n) is 19.2. The van der Waals surface area contributed by atoms with Gasteiger partial charge in [-0.3, -0.25) is 9.59 Å². The maximum Gasteiger partial charge on any atom is 0.416 e. The molecule has 6 N–H and O–H groups in total. The fourth-order valence-corrected chi connectivity index (χ4v) is 5.71. The molecule has 1 amide bonds. The fourth-order valence-electron chi connectivity index (χ4n) is 4.50. The number of sulfonamides is 1. The van der Waals surface area contributed by atoms with Gasteiger partial charge in [-0.05, 0) is 50.6 Å². The van der Waals surface area contributed by atoms with Crippen LogP contribution in [0, 0.1) is 11.8 Å². The Hall–Kier alpha value is -2.55. The van der Waals surface area contributed by atoms with Crippen LogP contribution in [-0.4, -0.2) is 69.0 Å². The number of nitrogens with one attached hydrogen (secondary N) is 2. The number of ketones is 1. The number of halogens is 3. The molecule has 1 aliphatic heterocycles. The van der Waals surface area contributed by atoms with Crippen molar-refractivity contribution < 1.29 is 31.2 Å². The highest BCUT2D eigenvalue weighted by Gasteiger charge is 2.70. The Morgan fingerprint density at radius 2 is 1.91 bits per heavy atom. The van der Waals surface area contributed by atoms with E-state index in [9.17, 15) is 31.2 Å². The minimum Gasteiger partial charge on any atom is -0.341 e. The van der Waals surface area contributed by atoms with Crippen molar-refractivity contribution in [2.75, 3.05) is 20.1 Å². The Kier molecular flexibility index (Phi) is 7.60. The van der Waals surface area contributed by atoms with Gasteiger partial charge in [0.1, 0.15) is 0 Å². The van der Waals surface area contributed by atoms with Crippen molar-refractivity contribution in [1.29, 1.82) is 0 Å². The minimum absolute atomic E-state index is 0.0812. The number of Topliss-reactive ketones (excluding diaryl/α,β-unsaturated/α-hetero) is 1. The number of carbonyl (C=O) groups excluding carboxylic acids is 2.